The summed E-state index contributed by atoms with van der Waals surface area (Å²) in [5.41, 5.74) is 8.50. The molecule has 0 saturated carbocycles. The van der Waals surface area contributed by atoms with E-state index in [9.17, 15) is 15.0 Å². The fourth-order valence-electron chi connectivity index (χ4n) is 3.17. The Hall–Kier alpha value is -2.87. The first-order valence-corrected chi connectivity index (χ1v) is 9.37. The van der Waals surface area contributed by atoms with Crippen LogP contribution in [0.4, 0.5) is 11.8 Å². The summed E-state index contributed by atoms with van der Waals surface area (Å²) in [5, 5.41) is 31.9. The zero-order valence-corrected chi connectivity index (χ0v) is 16.3. The lowest BCUT2D eigenvalue weighted by atomic mass is 10.00. The van der Waals surface area contributed by atoms with Crippen LogP contribution in [0.3, 0.4) is 0 Å². The highest BCUT2D eigenvalue weighted by Gasteiger charge is 2.17. The van der Waals surface area contributed by atoms with Crippen molar-refractivity contribution in [3.8, 4) is 5.75 Å². The van der Waals surface area contributed by atoms with Crippen LogP contribution in [0, 0.1) is 6.92 Å². The number of hydrogen-bond acceptors (Lipinski definition) is 7. The van der Waals surface area contributed by atoms with Crippen LogP contribution in [0.5, 0.6) is 5.75 Å². The van der Waals surface area contributed by atoms with Gasteiger partial charge in [-0.25, -0.2) is 4.98 Å². The van der Waals surface area contributed by atoms with Crippen molar-refractivity contribution >= 4 is 17.7 Å². The van der Waals surface area contributed by atoms with Crippen LogP contribution in [0.15, 0.2) is 18.2 Å². The molecule has 8 nitrogen and oxygen atoms in total. The molecule has 0 aliphatic heterocycles. The number of nitrogen functional groups attached to an aromatic ring is 1. The Morgan fingerprint density at radius 2 is 2.04 bits per heavy atom. The molecule has 152 valence electrons. The number of aliphatic carboxylic acids is 1. The second-order valence-electron chi connectivity index (χ2n) is 6.85. The van der Waals surface area contributed by atoms with E-state index in [1.807, 2.05) is 6.92 Å². The number of phenols is 1. The van der Waals surface area contributed by atoms with Crippen LogP contribution in [0.1, 0.15) is 48.6 Å². The molecule has 0 radical (unpaired) electrons. The molecule has 1 aromatic heterocycles. The summed E-state index contributed by atoms with van der Waals surface area (Å²) in [6.45, 7) is 3.97. The Labute approximate surface area is 164 Å². The maximum atomic E-state index is 10.9. The number of aliphatic hydroxyl groups excluding tert-OH is 1. The van der Waals surface area contributed by atoms with E-state index >= 15 is 0 Å². The number of rotatable bonds is 10. The number of aromatic hydroxyl groups is 1. The van der Waals surface area contributed by atoms with Crippen molar-refractivity contribution in [2.45, 2.75) is 52.0 Å². The molecule has 0 spiro atoms. The zero-order valence-electron chi connectivity index (χ0n) is 16.3. The number of nitrogens with two attached hydrogens (primary N) is 1. The van der Waals surface area contributed by atoms with Crippen molar-refractivity contribution < 1.29 is 20.1 Å². The number of aliphatic hydroxyl groups is 1. The lowest BCUT2D eigenvalue weighted by Crippen LogP contribution is -2.23. The maximum absolute atomic E-state index is 10.9. The van der Waals surface area contributed by atoms with Gasteiger partial charge < -0.3 is 26.4 Å². The minimum Gasteiger partial charge on any atom is -0.508 e. The molecular formula is C20H28N4O4. The van der Waals surface area contributed by atoms with E-state index in [-0.39, 0.29) is 30.8 Å². The molecule has 1 aromatic carbocycles. The summed E-state index contributed by atoms with van der Waals surface area (Å²) in [7, 11) is 0. The van der Waals surface area contributed by atoms with Crippen LogP contribution < -0.4 is 11.1 Å². The van der Waals surface area contributed by atoms with E-state index in [0.717, 1.165) is 18.4 Å². The average molecular weight is 388 g/mol. The molecule has 1 heterocycles. The molecule has 0 saturated heterocycles. The summed E-state index contributed by atoms with van der Waals surface area (Å²) in [6, 6.07) is 4.92. The van der Waals surface area contributed by atoms with Crippen molar-refractivity contribution in [1.82, 2.24) is 9.97 Å². The molecule has 0 amide bonds. The van der Waals surface area contributed by atoms with Gasteiger partial charge in [0.2, 0.25) is 5.95 Å². The monoisotopic (exact) mass is 388 g/mol. The second-order valence-corrected chi connectivity index (χ2v) is 6.85. The first-order valence-electron chi connectivity index (χ1n) is 9.37. The van der Waals surface area contributed by atoms with Gasteiger partial charge in [0.15, 0.2) is 0 Å². The predicted molar refractivity (Wildman–Crippen MR) is 107 cm³/mol. The van der Waals surface area contributed by atoms with Crippen LogP contribution >= 0.6 is 0 Å². The van der Waals surface area contributed by atoms with Crippen molar-refractivity contribution in [2.75, 3.05) is 17.7 Å². The molecule has 28 heavy (non-hydrogen) atoms. The Balaban J connectivity index is 2.33. The molecule has 0 aliphatic carbocycles. The molecular weight excluding hydrogens is 360 g/mol. The van der Waals surface area contributed by atoms with Crippen LogP contribution in [-0.2, 0) is 17.6 Å². The van der Waals surface area contributed by atoms with Crippen molar-refractivity contribution in [3.63, 3.8) is 0 Å². The smallest absolute Gasteiger partial charge is 0.307 e. The molecule has 0 unspecified atom stereocenters. The van der Waals surface area contributed by atoms with E-state index in [2.05, 4.69) is 22.2 Å². The molecule has 6 N–H and O–H groups in total. The minimum absolute atomic E-state index is 0.0291. The first-order chi connectivity index (χ1) is 13.3. The second kappa shape index (κ2) is 9.89. The fourth-order valence-corrected chi connectivity index (χ4v) is 3.17. The zero-order chi connectivity index (χ0) is 20.7. The minimum atomic E-state index is -0.952. The SMILES string of the molecule is CCC[C@@H](CCO)Nc1nc(N)nc(C)c1Cc1ccc(CC(=O)O)cc1O. The van der Waals surface area contributed by atoms with E-state index in [4.69, 9.17) is 10.8 Å². The van der Waals surface area contributed by atoms with Gasteiger partial charge in [-0.05, 0) is 37.0 Å². The summed E-state index contributed by atoms with van der Waals surface area (Å²) in [4.78, 5) is 19.4. The quantitative estimate of drug-likeness (QED) is 0.417. The summed E-state index contributed by atoms with van der Waals surface area (Å²) >= 11 is 0. The van der Waals surface area contributed by atoms with Gasteiger partial charge in [0.25, 0.3) is 0 Å². The van der Waals surface area contributed by atoms with Gasteiger partial charge in [0.1, 0.15) is 11.6 Å². The third-order valence-electron chi connectivity index (χ3n) is 4.56. The van der Waals surface area contributed by atoms with Gasteiger partial charge in [-0.2, -0.15) is 4.98 Å². The van der Waals surface area contributed by atoms with Gasteiger partial charge in [-0.15, -0.1) is 0 Å². The molecule has 2 aromatic rings. The number of aryl methyl sites for hydroxylation is 1. The molecule has 0 fully saturated rings. The van der Waals surface area contributed by atoms with Crippen molar-refractivity contribution in [3.05, 3.63) is 40.6 Å². The highest BCUT2D eigenvalue weighted by molar-refractivity contribution is 5.70. The first kappa shape index (κ1) is 21.4. The maximum Gasteiger partial charge on any atom is 0.307 e. The number of carboxylic acids is 1. The van der Waals surface area contributed by atoms with Gasteiger partial charge in [0.05, 0.1) is 6.42 Å². The fraction of sp³-hybridized carbons (Fsp3) is 0.450. The molecule has 2 rings (SSSR count). The largest absolute Gasteiger partial charge is 0.508 e. The van der Waals surface area contributed by atoms with Gasteiger partial charge in [-0.1, -0.05) is 25.5 Å². The molecule has 1 atom stereocenters. The standard InChI is InChI=1S/C20H28N4O4/c1-3-4-15(7-8-25)23-19-16(12(2)22-20(21)24-19)11-14-6-5-13(9-17(14)26)10-18(27)28/h5-6,9,15,25-26H,3-4,7-8,10-11H2,1-2H3,(H,27,28)(H3,21,22,23,24)/t15-/m0/s1. The number of nitrogens with one attached hydrogen (secondary N) is 1. The molecule has 8 heteroatoms. The molecule has 0 aliphatic rings. The third kappa shape index (κ3) is 5.82. The third-order valence-corrected chi connectivity index (χ3v) is 4.56. The summed E-state index contributed by atoms with van der Waals surface area (Å²) < 4.78 is 0. The van der Waals surface area contributed by atoms with Gasteiger partial charge in [-0.3, -0.25) is 4.79 Å². The van der Waals surface area contributed by atoms with E-state index < -0.39 is 5.97 Å². The molecule has 0 bridgehead atoms. The van der Waals surface area contributed by atoms with Crippen LogP contribution in [-0.4, -0.2) is 43.9 Å². The number of aromatic nitrogens is 2. The lowest BCUT2D eigenvalue weighted by molar-refractivity contribution is -0.136. The average Bonchev–Trinajstić information content (AvgIpc) is 2.59. The Kier molecular flexibility index (Phi) is 7.57. The van der Waals surface area contributed by atoms with Crippen LogP contribution in [0.25, 0.3) is 0 Å². The predicted octanol–water partition coefficient (Wildman–Crippen LogP) is 2.25. The number of nitrogens with zero attached hydrogens (tertiary/aromatic N) is 2. The summed E-state index contributed by atoms with van der Waals surface area (Å²) in [5.74, 6) is -0.177. The highest BCUT2D eigenvalue weighted by atomic mass is 16.4. The summed E-state index contributed by atoms with van der Waals surface area (Å²) in [6.07, 6.45) is 2.64. The van der Waals surface area contributed by atoms with Gasteiger partial charge >= 0.3 is 5.97 Å². The van der Waals surface area contributed by atoms with Crippen molar-refractivity contribution in [1.29, 1.82) is 0 Å². The number of phenolic OH excluding ortho intramolecular Hbond substituents is 1. The number of carboxylic acid groups (broad SMARTS) is 1. The van der Waals surface area contributed by atoms with E-state index in [1.54, 1.807) is 12.1 Å². The topological polar surface area (TPSA) is 142 Å². The Bertz CT molecular complexity index is 820. The Morgan fingerprint density at radius 3 is 2.64 bits per heavy atom. The number of anilines is 2. The van der Waals surface area contributed by atoms with E-state index in [1.165, 1.54) is 6.07 Å². The normalized spacial score (nSPS) is 12.0. The number of hydrogen-bond donors (Lipinski definition) is 5. The van der Waals surface area contributed by atoms with Gasteiger partial charge in [0, 0.05) is 30.3 Å². The van der Waals surface area contributed by atoms with Crippen molar-refractivity contribution in [2.24, 2.45) is 0 Å². The number of benzene rings is 1. The lowest BCUT2D eigenvalue weighted by Gasteiger charge is -2.21. The van der Waals surface area contributed by atoms with E-state index in [0.29, 0.717) is 35.5 Å². The Morgan fingerprint density at radius 1 is 1.29 bits per heavy atom. The number of carbonyl (C=O) groups is 1. The van der Waals surface area contributed by atoms with Crippen LogP contribution in [0.2, 0.25) is 0 Å². The highest BCUT2D eigenvalue weighted by Crippen LogP contribution is 2.28.